The summed E-state index contributed by atoms with van der Waals surface area (Å²) in [5, 5.41) is 5.15. The van der Waals surface area contributed by atoms with Crippen molar-refractivity contribution in [3.63, 3.8) is 0 Å². The van der Waals surface area contributed by atoms with Crippen LogP contribution >= 0.6 is 11.3 Å². The molecule has 4 atom stereocenters. The van der Waals surface area contributed by atoms with E-state index in [2.05, 4.69) is 53.8 Å². The Morgan fingerprint density at radius 3 is 2.48 bits per heavy atom. The van der Waals surface area contributed by atoms with Crippen LogP contribution in [-0.2, 0) is 5.41 Å². The van der Waals surface area contributed by atoms with Crippen LogP contribution < -0.4 is 5.32 Å². The molecule has 3 heteroatoms. The summed E-state index contributed by atoms with van der Waals surface area (Å²) in [5.41, 5.74) is 1.36. The molecule has 0 saturated heterocycles. The van der Waals surface area contributed by atoms with Gasteiger partial charge in [-0.2, -0.15) is 0 Å². The predicted octanol–water partition coefficient (Wildman–Crippen LogP) is 5.22. The first-order chi connectivity index (χ1) is 9.70. The standard InChI is InChI=1S/C18H32N2S/c1-11-9-8-10-15(12(11)2)19-13(3)16-14(4)20-17(21-16)18(5,6)7/h11-13,15,19H,8-10H2,1-7H3. The van der Waals surface area contributed by atoms with Gasteiger partial charge in [-0.1, -0.05) is 47.5 Å². The van der Waals surface area contributed by atoms with E-state index in [1.54, 1.807) is 0 Å². The topological polar surface area (TPSA) is 24.9 Å². The number of thiazole rings is 1. The lowest BCUT2D eigenvalue weighted by molar-refractivity contribution is 0.196. The van der Waals surface area contributed by atoms with E-state index >= 15 is 0 Å². The fraction of sp³-hybridized carbons (Fsp3) is 0.833. The normalized spacial score (nSPS) is 28.6. The van der Waals surface area contributed by atoms with Crippen molar-refractivity contribution in [2.75, 3.05) is 0 Å². The lowest BCUT2D eigenvalue weighted by Crippen LogP contribution is -2.41. The minimum Gasteiger partial charge on any atom is -0.306 e. The highest BCUT2D eigenvalue weighted by atomic mass is 32.1. The number of nitrogens with one attached hydrogen (secondary N) is 1. The zero-order valence-electron chi connectivity index (χ0n) is 14.8. The summed E-state index contributed by atoms with van der Waals surface area (Å²) in [6.07, 6.45) is 4.08. The molecule has 120 valence electrons. The number of nitrogens with zero attached hydrogens (tertiary/aromatic N) is 1. The number of hydrogen-bond acceptors (Lipinski definition) is 3. The van der Waals surface area contributed by atoms with E-state index in [1.807, 2.05) is 11.3 Å². The van der Waals surface area contributed by atoms with Gasteiger partial charge in [-0.15, -0.1) is 11.3 Å². The number of aryl methyl sites for hydroxylation is 1. The Balaban J connectivity index is 2.10. The highest BCUT2D eigenvalue weighted by Crippen LogP contribution is 2.35. The molecule has 1 N–H and O–H groups in total. The van der Waals surface area contributed by atoms with E-state index in [0.717, 1.165) is 11.8 Å². The first-order valence-corrected chi connectivity index (χ1v) is 9.25. The third-order valence-corrected chi connectivity index (χ3v) is 6.80. The van der Waals surface area contributed by atoms with Gasteiger partial charge in [0.25, 0.3) is 0 Å². The molecular weight excluding hydrogens is 276 g/mol. The van der Waals surface area contributed by atoms with Gasteiger partial charge in [0.2, 0.25) is 0 Å². The molecule has 1 aliphatic rings. The van der Waals surface area contributed by atoms with E-state index in [-0.39, 0.29) is 5.41 Å². The Labute approximate surface area is 134 Å². The first kappa shape index (κ1) is 17.0. The number of aromatic nitrogens is 1. The minimum absolute atomic E-state index is 0.153. The van der Waals surface area contributed by atoms with E-state index in [1.165, 1.54) is 34.8 Å². The summed E-state index contributed by atoms with van der Waals surface area (Å²) in [4.78, 5) is 6.23. The molecule has 0 aliphatic heterocycles. The molecule has 2 rings (SSSR count). The molecule has 1 fully saturated rings. The maximum absolute atomic E-state index is 4.81. The lowest BCUT2D eigenvalue weighted by Gasteiger charge is -2.36. The molecule has 1 aromatic heterocycles. The second-order valence-corrected chi connectivity index (χ2v) is 9.01. The molecule has 2 nitrogen and oxygen atoms in total. The Morgan fingerprint density at radius 2 is 1.90 bits per heavy atom. The Bertz CT molecular complexity index is 472. The van der Waals surface area contributed by atoms with Gasteiger partial charge in [0.05, 0.1) is 10.7 Å². The van der Waals surface area contributed by atoms with Crippen LogP contribution in [0, 0.1) is 18.8 Å². The van der Waals surface area contributed by atoms with Crippen LogP contribution in [0.1, 0.15) is 82.4 Å². The van der Waals surface area contributed by atoms with E-state index < -0.39 is 0 Å². The summed E-state index contributed by atoms with van der Waals surface area (Å²) in [6.45, 7) is 16.0. The third-order valence-electron chi connectivity index (χ3n) is 5.04. The molecule has 0 amide bonds. The van der Waals surface area contributed by atoms with E-state index in [9.17, 15) is 0 Å². The summed E-state index contributed by atoms with van der Waals surface area (Å²) in [5.74, 6) is 1.62. The number of hydrogen-bond donors (Lipinski definition) is 1. The van der Waals surface area contributed by atoms with Gasteiger partial charge in [-0.05, 0) is 32.1 Å². The summed E-state index contributed by atoms with van der Waals surface area (Å²) in [7, 11) is 0. The Morgan fingerprint density at radius 1 is 1.24 bits per heavy atom. The largest absolute Gasteiger partial charge is 0.306 e. The molecule has 4 unspecified atom stereocenters. The second-order valence-electron chi connectivity index (χ2n) is 7.98. The van der Waals surface area contributed by atoms with Crippen LogP contribution in [0.4, 0.5) is 0 Å². The van der Waals surface area contributed by atoms with Gasteiger partial charge in [-0.25, -0.2) is 4.98 Å². The predicted molar refractivity (Wildman–Crippen MR) is 93.1 cm³/mol. The van der Waals surface area contributed by atoms with Gasteiger partial charge in [0, 0.05) is 22.4 Å². The van der Waals surface area contributed by atoms with Crippen LogP contribution in [0.3, 0.4) is 0 Å². The lowest BCUT2D eigenvalue weighted by atomic mass is 9.78. The Hall–Kier alpha value is -0.410. The highest BCUT2D eigenvalue weighted by Gasteiger charge is 2.29. The summed E-state index contributed by atoms with van der Waals surface area (Å²) < 4.78 is 0. The molecule has 0 aromatic carbocycles. The van der Waals surface area contributed by atoms with Crippen LogP contribution in [0.5, 0.6) is 0 Å². The van der Waals surface area contributed by atoms with Crippen molar-refractivity contribution in [3.05, 3.63) is 15.6 Å². The monoisotopic (exact) mass is 308 g/mol. The van der Waals surface area contributed by atoms with Crippen molar-refractivity contribution in [2.45, 2.75) is 85.2 Å². The quantitative estimate of drug-likeness (QED) is 0.827. The average molecular weight is 309 g/mol. The highest BCUT2D eigenvalue weighted by molar-refractivity contribution is 7.12. The van der Waals surface area contributed by atoms with Crippen molar-refractivity contribution in [1.29, 1.82) is 0 Å². The third kappa shape index (κ3) is 3.87. The second kappa shape index (κ2) is 6.37. The van der Waals surface area contributed by atoms with Crippen molar-refractivity contribution in [2.24, 2.45) is 11.8 Å². The molecule has 21 heavy (non-hydrogen) atoms. The fourth-order valence-corrected chi connectivity index (χ4v) is 4.48. The van der Waals surface area contributed by atoms with Gasteiger partial charge in [-0.3, -0.25) is 0 Å². The Kier molecular flexibility index (Phi) is 5.15. The molecular formula is C18H32N2S. The average Bonchev–Trinajstić information content (AvgIpc) is 2.77. The summed E-state index contributed by atoms with van der Waals surface area (Å²) in [6, 6.07) is 1.07. The molecule has 1 aliphatic carbocycles. The summed E-state index contributed by atoms with van der Waals surface area (Å²) >= 11 is 1.89. The van der Waals surface area contributed by atoms with Crippen LogP contribution in [0.15, 0.2) is 0 Å². The zero-order valence-corrected chi connectivity index (χ0v) is 15.6. The smallest absolute Gasteiger partial charge is 0.0985 e. The van der Waals surface area contributed by atoms with Crippen molar-refractivity contribution in [3.8, 4) is 0 Å². The van der Waals surface area contributed by atoms with Crippen LogP contribution in [-0.4, -0.2) is 11.0 Å². The van der Waals surface area contributed by atoms with Gasteiger partial charge in [0.15, 0.2) is 0 Å². The van der Waals surface area contributed by atoms with Gasteiger partial charge < -0.3 is 5.32 Å². The van der Waals surface area contributed by atoms with Gasteiger partial charge in [0.1, 0.15) is 0 Å². The van der Waals surface area contributed by atoms with Crippen molar-refractivity contribution >= 4 is 11.3 Å². The zero-order chi connectivity index (χ0) is 15.8. The molecule has 0 radical (unpaired) electrons. The minimum atomic E-state index is 0.153. The molecule has 1 heterocycles. The molecule has 0 bridgehead atoms. The molecule has 0 spiro atoms. The number of rotatable bonds is 3. The molecule has 1 saturated carbocycles. The molecule has 1 aromatic rings. The SMILES string of the molecule is Cc1nc(C(C)(C)C)sc1C(C)NC1CCCC(C)C1C. The maximum Gasteiger partial charge on any atom is 0.0985 e. The fourth-order valence-electron chi connectivity index (χ4n) is 3.34. The van der Waals surface area contributed by atoms with Crippen molar-refractivity contribution < 1.29 is 0 Å². The van der Waals surface area contributed by atoms with E-state index in [4.69, 9.17) is 4.98 Å². The maximum atomic E-state index is 4.81. The van der Waals surface area contributed by atoms with Gasteiger partial charge >= 0.3 is 0 Å². The first-order valence-electron chi connectivity index (χ1n) is 8.44. The van der Waals surface area contributed by atoms with Crippen LogP contribution in [0.2, 0.25) is 0 Å². The van der Waals surface area contributed by atoms with Crippen LogP contribution in [0.25, 0.3) is 0 Å². The van der Waals surface area contributed by atoms with Crippen molar-refractivity contribution in [1.82, 2.24) is 10.3 Å². The van der Waals surface area contributed by atoms with E-state index in [0.29, 0.717) is 12.1 Å².